The van der Waals surface area contributed by atoms with Gasteiger partial charge in [0.05, 0.1) is 11.5 Å². The molecular formula is C12H15N2O4+. The second-order valence-electron chi connectivity index (χ2n) is 4.30. The minimum absolute atomic E-state index is 0.0363. The number of hydrogen-bond donors (Lipinski definition) is 1. The molecule has 1 fully saturated rings. The van der Waals surface area contributed by atoms with Gasteiger partial charge in [0.15, 0.2) is 6.04 Å². The molecule has 1 aromatic rings. The molecule has 0 unspecified atom stereocenters. The molecule has 2 rings (SSSR count). The number of carbonyl (C=O) groups excluding carboxylic acids is 1. The van der Waals surface area contributed by atoms with Gasteiger partial charge in [-0.3, -0.25) is 10.1 Å². The number of non-ortho nitro benzene ring substituents is 1. The van der Waals surface area contributed by atoms with Crippen LogP contribution in [-0.4, -0.2) is 23.5 Å². The molecule has 0 aromatic heterocycles. The monoisotopic (exact) mass is 251 g/mol. The number of ether oxygens (including phenoxy) is 1. The normalized spacial score (nSPS) is 18.6. The molecule has 0 saturated carbocycles. The van der Waals surface area contributed by atoms with Crippen molar-refractivity contribution in [3.63, 3.8) is 0 Å². The summed E-state index contributed by atoms with van der Waals surface area (Å²) in [5.74, 6) is -0.203. The maximum absolute atomic E-state index is 11.6. The van der Waals surface area contributed by atoms with E-state index >= 15 is 0 Å². The van der Waals surface area contributed by atoms with E-state index in [1.54, 1.807) is 12.1 Å². The Hall–Kier alpha value is -1.95. The number of esters is 1. The Bertz CT molecular complexity index is 438. The van der Waals surface area contributed by atoms with Crippen LogP contribution in [0.5, 0.6) is 0 Å². The number of nitrogens with two attached hydrogens (primary N) is 1. The van der Waals surface area contributed by atoms with Crippen LogP contribution < -0.4 is 5.32 Å². The molecule has 0 amide bonds. The quantitative estimate of drug-likeness (QED) is 0.475. The van der Waals surface area contributed by atoms with E-state index in [2.05, 4.69) is 0 Å². The standard InChI is InChI=1S/C12H14N2O4/c15-12(11-2-1-7-13-11)18-8-9-3-5-10(6-4-9)14(16)17/h3-6,11,13H,1-2,7-8H2/p+1/t11-/m0/s1. The molecule has 96 valence electrons. The average molecular weight is 251 g/mol. The Labute approximate surface area is 104 Å². The van der Waals surface area contributed by atoms with Crippen LogP contribution in [-0.2, 0) is 16.1 Å². The van der Waals surface area contributed by atoms with Crippen molar-refractivity contribution < 1.29 is 19.8 Å². The summed E-state index contributed by atoms with van der Waals surface area (Å²) in [6.07, 6.45) is 1.90. The van der Waals surface area contributed by atoms with Crippen LogP contribution in [0.1, 0.15) is 18.4 Å². The van der Waals surface area contributed by atoms with Crippen LogP contribution in [0.15, 0.2) is 24.3 Å². The van der Waals surface area contributed by atoms with Crippen molar-refractivity contribution in [2.45, 2.75) is 25.5 Å². The SMILES string of the molecule is O=C(OCc1ccc([N+](=O)[O-])cc1)[C@@H]1CCC[NH2+]1. The van der Waals surface area contributed by atoms with E-state index < -0.39 is 4.92 Å². The largest absolute Gasteiger partial charge is 0.456 e. The smallest absolute Gasteiger partial charge is 0.365 e. The predicted molar refractivity (Wildman–Crippen MR) is 62.7 cm³/mol. The van der Waals surface area contributed by atoms with Gasteiger partial charge in [0.25, 0.3) is 5.69 Å². The van der Waals surface area contributed by atoms with Gasteiger partial charge in [-0.2, -0.15) is 0 Å². The summed E-state index contributed by atoms with van der Waals surface area (Å²) in [6.45, 7) is 1.14. The van der Waals surface area contributed by atoms with Gasteiger partial charge in [-0.05, 0) is 17.7 Å². The van der Waals surface area contributed by atoms with Gasteiger partial charge in [-0.15, -0.1) is 0 Å². The van der Waals surface area contributed by atoms with E-state index in [1.165, 1.54) is 12.1 Å². The number of quaternary nitrogens is 1. The first-order valence-electron chi connectivity index (χ1n) is 5.90. The lowest BCUT2D eigenvalue weighted by Gasteiger charge is -2.07. The molecule has 1 saturated heterocycles. The molecular weight excluding hydrogens is 236 g/mol. The molecule has 18 heavy (non-hydrogen) atoms. The second-order valence-corrected chi connectivity index (χ2v) is 4.30. The summed E-state index contributed by atoms with van der Waals surface area (Å²) >= 11 is 0. The summed E-state index contributed by atoms with van der Waals surface area (Å²) in [5, 5.41) is 12.5. The number of nitrogens with zero attached hydrogens (tertiary/aromatic N) is 1. The highest BCUT2D eigenvalue weighted by Gasteiger charge is 2.27. The maximum Gasteiger partial charge on any atom is 0.365 e. The van der Waals surface area contributed by atoms with Gasteiger partial charge in [0.2, 0.25) is 0 Å². The molecule has 0 radical (unpaired) electrons. The lowest BCUT2D eigenvalue weighted by Crippen LogP contribution is -2.88. The van der Waals surface area contributed by atoms with Gasteiger partial charge < -0.3 is 10.1 Å². The van der Waals surface area contributed by atoms with Crippen LogP contribution in [0.2, 0.25) is 0 Å². The summed E-state index contributed by atoms with van der Waals surface area (Å²) in [6, 6.07) is 5.94. The third kappa shape index (κ3) is 3.04. The Morgan fingerprint density at radius 3 is 2.72 bits per heavy atom. The lowest BCUT2D eigenvalue weighted by molar-refractivity contribution is -0.659. The van der Waals surface area contributed by atoms with Gasteiger partial charge in [-0.25, -0.2) is 4.79 Å². The van der Waals surface area contributed by atoms with Crippen molar-refractivity contribution in [3.8, 4) is 0 Å². The third-order valence-corrected chi connectivity index (χ3v) is 3.00. The van der Waals surface area contributed by atoms with E-state index in [0.717, 1.165) is 24.9 Å². The molecule has 2 N–H and O–H groups in total. The van der Waals surface area contributed by atoms with Crippen molar-refractivity contribution in [2.24, 2.45) is 0 Å². The topological polar surface area (TPSA) is 86.0 Å². The first-order valence-corrected chi connectivity index (χ1v) is 5.90. The summed E-state index contributed by atoms with van der Waals surface area (Å²) in [7, 11) is 0. The van der Waals surface area contributed by atoms with Crippen LogP contribution in [0.25, 0.3) is 0 Å². The molecule has 1 aliphatic heterocycles. The minimum atomic E-state index is -0.455. The zero-order chi connectivity index (χ0) is 13.0. The molecule has 1 heterocycles. The fourth-order valence-electron chi connectivity index (χ4n) is 1.96. The van der Waals surface area contributed by atoms with Crippen LogP contribution in [0.4, 0.5) is 5.69 Å². The Kier molecular flexibility index (Phi) is 3.88. The summed E-state index contributed by atoms with van der Waals surface area (Å²) in [4.78, 5) is 21.6. The van der Waals surface area contributed by atoms with Crippen LogP contribution in [0, 0.1) is 10.1 Å². The molecule has 0 spiro atoms. The summed E-state index contributed by atoms with van der Waals surface area (Å²) in [5.41, 5.74) is 0.793. The molecule has 1 aromatic carbocycles. The Balaban J connectivity index is 1.86. The zero-order valence-corrected chi connectivity index (χ0v) is 9.87. The number of benzene rings is 1. The van der Waals surface area contributed by atoms with Gasteiger partial charge in [0.1, 0.15) is 6.61 Å². The van der Waals surface area contributed by atoms with E-state index in [-0.39, 0.29) is 24.3 Å². The number of nitro groups is 1. The van der Waals surface area contributed by atoms with Gasteiger partial charge in [-0.1, -0.05) is 0 Å². The van der Waals surface area contributed by atoms with Crippen molar-refractivity contribution in [2.75, 3.05) is 6.54 Å². The van der Waals surface area contributed by atoms with Crippen molar-refractivity contribution in [1.82, 2.24) is 0 Å². The first kappa shape index (κ1) is 12.5. The van der Waals surface area contributed by atoms with Crippen molar-refractivity contribution >= 4 is 11.7 Å². The van der Waals surface area contributed by atoms with E-state index in [1.807, 2.05) is 5.32 Å². The second kappa shape index (κ2) is 5.59. The zero-order valence-electron chi connectivity index (χ0n) is 9.87. The fourth-order valence-corrected chi connectivity index (χ4v) is 1.96. The number of rotatable bonds is 4. The van der Waals surface area contributed by atoms with Crippen LogP contribution in [0.3, 0.4) is 0 Å². The summed E-state index contributed by atoms with van der Waals surface area (Å²) < 4.78 is 5.17. The lowest BCUT2D eigenvalue weighted by atomic mass is 10.2. The molecule has 6 heteroatoms. The van der Waals surface area contributed by atoms with Gasteiger partial charge in [0, 0.05) is 25.0 Å². The fraction of sp³-hybridized carbons (Fsp3) is 0.417. The number of nitro benzene ring substituents is 1. The minimum Gasteiger partial charge on any atom is -0.456 e. The molecule has 0 bridgehead atoms. The number of carbonyl (C=O) groups is 1. The molecule has 6 nitrogen and oxygen atoms in total. The Morgan fingerprint density at radius 1 is 1.44 bits per heavy atom. The average Bonchev–Trinajstić information content (AvgIpc) is 2.90. The van der Waals surface area contributed by atoms with Crippen molar-refractivity contribution in [1.29, 1.82) is 0 Å². The van der Waals surface area contributed by atoms with Crippen molar-refractivity contribution in [3.05, 3.63) is 39.9 Å². The Morgan fingerprint density at radius 2 is 2.17 bits per heavy atom. The number of hydrogen-bond acceptors (Lipinski definition) is 4. The highest BCUT2D eigenvalue weighted by Crippen LogP contribution is 2.13. The third-order valence-electron chi connectivity index (χ3n) is 3.00. The van der Waals surface area contributed by atoms with Crippen LogP contribution >= 0.6 is 0 Å². The van der Waals surface area contributed by atoms with Gasteiger partial charge >= 0.3 is 5.97 Å². The first-order chi connectivity index (χ1) is 8.66. The highest BCUT2D eigenvalue weighted by molar-refractivity contribution is 5.74. The predicted octanol–water partition coefficient (Wildman–Crippen LogP) is 0.364. The van der Waals surface area contributed by atoms with E-state index in [4.69, 9.17) is 4.74 Å². The molecule has 1 atom stereocenters. The van der Waals surface area contributed by atoms with E-state index in [0.29, 0.717) is 0 Å². The maximum atomic E-state index is 11.6. The molecule has 0 aliphatic carbocycles. The highest BCUT2D eigenvalue weighted by atomic mass is 16.6. The van der Waals surface area contributed by atoms with E-state index in [9.17, 15) is 14.9 Å². The molecule has 1 aliphatic rings.